The van der Waals surface area contributed by atoms with Gasteiger partial charge in [-0.15, -0.1) is 0 Å². The molecule has 0 spiro atoms. The topological polar surface area (TPSA) is 82.2 Å². The number of hydrogen-bond donors (Lipinski definition) is 2. The molecular formula is C13H16N4O2. The van der Waals surface area contributed by atoms with E-state index in [2.05, 4.69) is 10.3 Å². The molecule has 0 atom stereocenters. The van der Waals surface area contributed by atoms with Crippen molar-refractivity contribution in [2.75, 3.05) is 18.5 Å². The lowest BCUT2D eigenvalue weighted by Gasteiger charge is -2.07. The van der Waals surface area contributed by atoms with Crippen molar-refractivity contribution < 1.29 is 9.53 Å². The van der Waals surface area contributed by atoms with E-state index in [9.17, 15) is 4.79 Å². The molecule has 0 unspecified atom stereocenters. The number of carbonyl (C=O) groups is 1. The van der Waals surface area contributed by atoms with E-state index in [1.807, 2.05) is 0 Å². The summed E-state index contributed by atoms with van der Waals surface area (Å²) in [6, 6.07) is 7.10. The Labute approximate surface area is 111 Å². The quantitative estimate of drug-likeness (QED) is 0.840. The third-order valence-corrected chi connectivity index (χ3v) is 2.52. The molecule has 6 heteroatoms. The highest BCUT2D eigenvalue weighted by atomic mass is 16.5. The number of ether oxygens (including phenoxy) is 1. The third-order valence-electron chi connectivity index (χ3n) is 2.52. The Hall–Kier alpha value is -2.34. The molecule has 0 aliphatic rings. The lowest BCUT2D eigenvalue weighted by molar-refractivity contribution is 0.101. The molecule has 0 bridgehead atoms. The van der Waals surface area contributed by atoms with Crippen molar-refractivity contribution in [2.45, 2.75) is 0 Å². The minimum atomic E-state index is -0.247. The second-order valence-electron chi connectivity index (χ2n) is 3.98. The smallest absolute Gasteiger partial charge is 0.291 e. The molecule has 1 aromatic heterocycles. The number of aryl methyl sites for hydroxylation is 1. The third kappa shape index (κ3) is 3.32. The Bertz CT molecular complexity index is 548. The van der Waals surface area contributed by atoms with Gasteiger partial charge in [-0.3, -0.25) is 4.79 Å². The first-order valence-corrected chi connectivity index (χ1v) is 5.92. The van der Waals surface area contributed by atoms with Gasteiger partial charge < -0.3 is 20.4 Å². The maximum atomic E-state index is 11.9. The van der Waals surface area contributed by atoms with E-state index in [1.54, 1.807) is 48.3 Å². The average Bonchev–Trinajstić information content (AvgIpc) is 2.84. The van der Waals surface area contributed by atoms with Gasteiger partial charge in [-0.2, -0.15) is 0 Å². The van der Waals surface area contributed by atoms with E-state index in [1.165, 1.54) is 0 Å². The Morgan fingerprint density at radius 3 is 2.74 bits per heavy atom. The molecule has 2 rings (SSSR count). The van der Waals surface area contributed by atoms with Gasteiger partial charge in [-0.05, 0) is 24.3 Å². The van der Waals surface area contributed by atoms with Crippen molar-refractivity contribution >= 4 is 11.6 Å². The summed E-state index contributed by atoms with van der Waals surface area (Å²) in [7, 11) is 1.77. The predicted molar refractivity (Wildman–Crippen MR) is 72.2 cm³/mol. The predicted octanol–water partition coefficient (Wildman–Crippen LogP) is 1.01. The number of anilines is 1. The van der Waals surface area contributed by atoms with Crippen LogP contribution < -0.4 is 15.8 Å². The summed E-state index contributed by atoms with van der Waals surface area (Å²) < 4.78 is 7.01. The van der Waals surface area contributed by atoms with E-state index in [0.29, 0.717) is 24.7 Å². The molecule has 0 radical (unpaired) electrons. The van der Waals surface area contributed by atoms with Gasteiger partial charge in [-0.25, -0.2) is 4.98 Å². The lowest BCUT2D eigenvalue weighted by Crippen LogP contribution is -2.16. The van der Waals surface area contributed by atoms with Crippen LogP contribution in [-0.4, -0.2) is 28.6 Å². The van der Waals surface area contributed by atoms with Crippen LogP contribution in [0.2, 0.25) is 0 Å². The van der Waals surface area contributed by atoms with Crippen LogP contribution in [-0.2, 0) is 7.05 Å². The van der Waals surface area contributed by atoms with Gasteiger partial charge in [0.05, 0.1) is 0 Å². The first-order valence-electron chi connectivity index (χ1n) is 5.92. The number of rotatable bonds is 5. The molecule has 1 aromatic carbocycles. The van der Waals surface area contributed by atoms with Crippen LogP contribution in [0.1, 0.15) is 10.6 Å². The molecule has 1 heterocycles. The maximum Gasteiger partial charge on any atom is 0.291 e. The van der Waals surface area contributed by atoms with Crippen molar-refractivity contribution in [3.63, 3.8) is 0 Å². The van der Waals surface area contributed by atoms with Crippen molar-refractivity contribution in [1.82, 2.24) is 9.55 Å². The van der Waals surface area contributed by atoms with Gasteiger partial charge in [0.2, 0.25) is 0 Å². The largest absolute Gasteiger partial charge is 0.492 e. The Kier molecular flexibility index (Phi) is 4.15. The summed E-state index contributed by atoms with van der Waals surface area (Å²) in [5, 5.41) is 2.77. The fourth-order valence-electron chi connectivity index (χ4n) is 1.58. The summed E-state index contributed by atoms with van der Waals surface area (Å²) in [5.41, 5.74) is 6.04. The molecule has 100 valence electrons. The van der Waals surface area contributed by atoms with E-state index in [0.717, 1.165) is 5.75 Å². The Morgan fingerprint density at radius 1 is 1.42 bits per heavy atom. The van der Waals surface area contributed by atoms with Crippen molar-refractivity contribution in [3.05, 3.63) is 42.5 Å². The number of benzene rings is 1. The second-order valence-corrected chi connectivity index (χ2v) is 3.98. The van der Waals surface area contributed by atoms with Gasteiger partial charge in [0.1, 0.15) is 12.4 Å². The van der Waals surface area contributed by atoms with Crippen LogP contribution in [0.4, 0.5) is 5.69 Å². The van der Waals surface area contributed by atoms with E-state index in [4.69, 9.17) is 10.5 Å². The summed E-state index contributed by atoms with van der Waals surface area (Å²) in [6.07, 6.45) is 3.30. The standard InChI is InChI=1S/C13H16N4O2/c1-17-8-7-15-12(17)13(18)16-10-2-4-11(5-3-10)19-9-6-14/h2-5,7-8H,6,9,14H2,1H3,(H,16,18). The Morgan fingerprint density at radius 2 is 2.16 bits per heavy atom. The zero-order valence-corrected chi connectivity index (χ0v) is 10.7. The van der Waals surface area contributed by atoms with Gasteiger partial charge in [0.15, 0.2) is 5.82 Å². The molecule has 19 heavy (non-hydrogen) atoms. The molecule has 2 aromatic rings. The number of nitrogens with one attached hydrogen (secondary N) is 1. The average molecular weight is 260 g/mol. The molecule has 0 saturated carbocycles. The van der Waals surface area contributed by atoms with Gasteiger partial charge in [-0.1, -0.05) is 0 Å². The van der Waals surface area contributed by atoms with Crippen LogP contribution in [0.5, 0.6) is 5.75 Å². The van der Waals surface area contributed by atoms with Crippen LogP contribution in [0.25, 0.3) is 0 Å². The van der Waals surface area contributed by atoms with Crippen LogP contribution in [0.3, 0.4) is 0 Å². The van der Waals surface area contributed by atoms with E-state index < -0.39 is 0 Å². The maximum absolute atomic E-state index is 11.9. The van der Waals surface area contributed by atoms with Crippen molar-refractivity contribution in [3.8, 4) is 5.75 Å². The van der Waals surface area contributed by atoms with Gasteiger partial charge in [0.25, 0.3) is 5.91 Å². The van der Waals surface area contributed by atoms with Crippen LogP contribution >= 0.6 is 0 Å². The summed E-state index contributed by atoms with van der Waals surface area (Å²) in [6.45, 7) is 0.941. The highest BCUT2D eigenvalue weighted by Gasteiger charge is 2.10. The molecule has 1 amide bonds. The number of nitrogens with two attached hydrogens (primary N) is 1. The lowest BCUT2D eigenvalue weighted by atomic mass is 10.3. The number of nitrogens with zero attached hydrogens (tertiary/aromatic N) is 2. The molecule has 3 N–H and O–H groups in total. The zero-order valence-electron chi connectivity index (χ0n) is 10.7. The van der Waals surface area contributed by atoms with Gasteiger partial charge in [0, 0.05) is 31.7 Å². The molecule has 0 aliphatic heterocycles. The monoisotopic (exact) mass is 260 g/mol. The molecule has 0 fully saturated rings. The van der Waals surface area contributed by atoms with E-state index in [-0.39, 0.29) is 5.91 Å². The molecule has 0 saturated heterocycles. The van der Waals surface area contributed by atoms with Crippen LogP contribution in [0.15, 0.2) is 36.7 Å². The zero-order chi connectivity index (χ0) is 13.7. The molecular weight excluding hydrogens is 244 g/mol. The Balaban J connectivity index is 2.00. The summed E-state index contributed by atoms with van der Waals surface area (Å²) >= 11 is 0. The summed E-state index contributed by atoms with van der Waals surface area (Å²) in [4.78, 5) is 15.9. The highest BCUT2D eigenvalue weighted by Crippen LogP contribution is 2.16. The number of carbonyl (C=O) groups excluding carboxylic acids is 1. The fraction of sp³-hybridized carbons (Fsp3) is 0.231. The number of imidazole rings is 1. The van der Waals surface area contributed by atoms with Crippen molar-refractivity contribution in [2.24, 2.45) is 12.8 Å². The number of aromatic nitrogens is 2. The second kappa shape index (κ2) is 6.01. The van der Waals surface area contributed by atoms with Gasteiger partial charge >= 0.3 is 0 Å². The molecule has 0 aliphatic carbocycles. The normalized spacial score (nSPS) is 10.2. The number of amides is 1. The SMILES string of the molecule is Cn1ccnc1C(=O)Nc1ccc(OCCN)cc1. The first-order chi connectivity index (χ1) is 9.20. The molecule has 6 nitrogen and oxygen atoms in total. The minimum absolute atomic E-state index is 0.247. The van der Waals surface area contributed by atoms with Crippen molar-refractivity contribution in [1.29, 1.82) is 0 Å². The highest BCUT2D eigenvalue weighted by molar-refractivity contribution is 6.01. The first kappa shape index (κ1) is 13.1. The number of hydrogen-bond acceptors (Lipinski definition) is 4. The summed E-state index contributed by atoms with van der Waals surface area (Å²) in [5.74, 6) is 0.840. The minimum Gasteiger partial charge on any atom is -0.492 e. The van der Waals surface area contributed by atoms with E-state index >= 15 is 0 Å². The fourth-order valence-corrected chi connectivity index (χ4v) is 1.58. The van der Waals surface area contributed by atoms with Crippen LogP contribution in [0, 0.1) is 0 Å².